The minimum atomic E-state index is -0.318. The summed E-state index contributed by atoms with van der Waals surface area (Å²) in [4.78, 5) is 29.9. The lowest BCUT2D eigenvalue weighted by Crippen LogP contribution is -2.73. The monoisotopic (exact) mass is 323 g/mol. The summed E-state index contributed by atoms with van der Waals surface area (Å²) in [7, 11) is 3.56. The lowest BCUT2D eigenvalue weighted by atomic mass is 9.90. The van der Waals surface area contributed by atoms with E-state index >= 15 is 0 Å². The molecule has 3 heterocycles. The summed E-state index contributed by atoms with van der Waals surface area (Å²) in [6.45, 7) is 4.22. The number of hydrogen-bond acceptors (Lipinski definition) is 5. The van der Waals surface area contributed by atoms with E-state index in [9.17, 15) is 9.59 Å². The number of morpholine rings is 1. The van der Waals surface area contributed by atoms with Gasteiger partial charge in [-0.15, -0.1) is 11.3 Å². The molecule has 2 amide bonds. The van der Waals surface area contributed by atoms with E-state index in [1.807, 2.05) is 35.9 Å². The minimum Gasteiger partial charge on any atom is -0.368 e. The van der Waals surface area contributed by atoms with E-state index in [0.29, 0.717) is 26.2 Å². The summed E-state index contributed by atoms with van der Waals surface area (Å²) in [5.41, 5.74) is -0.318. The average molecular weight is 323 g/mol. The number of nitrogens with one attached hydrogen (secondary N) is 1. The van der Waals surface area contributed by atoms with Crippen molar-refractivity contribution in [3.63, 3.8) is 0 Å². The molecule has 6 nitrogen and oxygen atoms in total. The van der Waals surface area contributed by atoms with E-state index in [4.69, 9.17) is 4.74 Å². The van der Waals surface area contributed by atoms with Gasteiger partial charge in [0.1, 0.15) is 11.6 Å². The molecule has 0 aliphatic carbocycles. The van der Waals surface area contributed by atoms with Crippen LogP contribution in [0.4, 0.5) is 0 Å². The van der Waals surface area contributed by atoms with Gasteiger partial charge < -0.3 is 15.0 Å². The van der Waals surface area contributed by atoms with Crippen LogP contribution in [0.1, 0.15) is 14.5 Å². The molecule has 1 N–H and O–H groups in total. The van der Waals surface area contributed by atoms with Crippen molar-refractivity contribution in [3.05, 3.63) is 21.9 Å². The van der Waals surface area contributed by atoms with Crippen LogP contribution in [0.3, 0.4) is 0 Å². The second-order valence-corrected chi connectivity index (χ2v) is 7.40. The highest BCUT2D eigenvalue weighted by Crippen LogP contribution is 2.32. The normalized spacial score (nSPS) is 24.1. The number of carbonyl (C=O) groups is 2. The Balaban J connectivity index is 1.59. The van der Waals surface area contributed by atoms with E-state index < -0.39 is 0 Å². The molecule has 22 heavy (non-hydrogen) atoms. The van der Waals surface area contributed by atoms with Crippen LogP contribution in [0.25, 0.3) is 0 Å². The number of likely N-dealkylation sites (N-methyl/N-ethyl adjacent to an activating group) is 2. The predicted molar refractivity (Wildman–Crippen MR) is 84.1 cm³/mol. The molecule has 1 aromatic rings. The van der Waals surface area contributed by atoms with E-state index in [1.165, 1.54) is 11.3 Å². The van der Waals surface area contributed by atoms with Crippen LogP contribution in [0.5, 0.6) is 0 Å². The van der Waals surface area contributed by atoms with Gasteiger partial charge >= 0.3 is 0 Å². The van der Waals surface area contributed by atoms with Gasteiger partial charge in [0.25, 0.3) is 5.91 Å². The van der Waals surface area contributed by atoms with Gasteiger partial charge in [-0.3, -0.25) is 14.5 Å². The van der Waals surface area contributed by atoms with Gasteiger partial charge in [0.2, 0.25) is 5.91 Å². The third-order valence-electron chi connectivity index (χ3n) is 4.36. The Morgan fingerprint density at radius 1 is 1.36 bits per heavy atom. The Kier molecular flexibility index (Phi) is 3.96. The van der Waals surface area contributed by atoms with Crippen LogP contribution in [-0.2, 0) is 9.53 Å². The van der Waals surface area contributed by atoms with Crippen molar-refractivity contribution in [1.29, 1.82) is 0 Å². The van der Waals surface area contributed by atoms with Gasteiger partial charge in [0, 0.05) is 18.5 Å². The number of carbonyl (C=O) groups excluding carboxylic acids is 2. The number of ether oxygens (including phenoxy) is 1. The van der Waals surface area contributed by atoms with Crippen molar-refractivity contribution in [3.8, 4) is 0 Å². The molecule has 1 atom stereocenters. The second-order valence-electron chi connectivity index (χ2n) is 6.11. The van der Waals surface area contributed by atoms with Gasteiger partial charge in [0.15, 0.2) is 0 Å². The molecule has 3 rings (SSSR count). The summed E-state index contributed by atoms with van der Waals surface area (Å²) in [5, 5.41) is 2.66. The van der Waals surface area contributed by atoms with E-state index in [1.54, 1.807) is 7.05 Å². The molecule has 2 aliphatic heterocycles. The third kappa shape index (κ3) is 2.64. The SMILES string of the molecule is CNC(=O)C1COC2(CN(C(=O)c3ccc(C)s3)C2)CN1C. The Morgan fingerprint density at radius 2 is 2.09 bits per heavy atom. The fraction of sp³-hybridized carbons (Fsp3) is 0.600. The zero-order valence-corrected chi connectivity index (χ0v) is 13.9. The molecule has 1 unspecified atom stereocenters. The highest BCUT2D eigenvalue weighted by atomic mass is 32.1. The Morgan fingerprint density at radius 3 is 2.64 bits per heavy atom. The number of nitrogens with zero attached hydrogens (tertiary/aromatic N) is 2. The largest absolute Gasteiger partial charge is 0.368 e. The number of hydrogen-bond donors (Lipinski definition) is 1. The Hall–Kier alpha value is -1.44. The van der Waals surface area contributed by atoms with Gasteiger partial charge in [0.05, 0.1) is 24.6 Å². The van der Waals surface area contributed by atoms with Crippen molar-refractivity contribution in [2.24, 2.45) is 0 Å². The van der Waals surface area contributed by atoms with Crippen molar-refractivity contribution >= 4 is 23.2 Å². The molecule has 0 aromatic carbocycles. The minimum absolute atomic E-state index is 0.0290. The van der Waals surface area contributed by atoms with Gasteiger partial charge in [-0.25, -0.2) is 0 Å². The van der Waals surface area contributed by atoms with Crippen LogP contribution in [0.2, 0.25) is 0 Å². The molecule has 0 saturated carbocycles. The molecule has 120 valence electrons. The van der Waals surface area contributed by atoms with Crippen LogP contribution >= 0.6 is 11.3 Å². The van der Waals surface area contributed by atoms with Crippen LogP contribution < -0.4 is 5.32 Å². The molecule has 2 saturated heterocycles. The quantitative estimate of drug-likeness (QED) is 0.852. The van der Waals surface area contributed by atoms with Crippen LogP contribution in [0.15, 0.2) is 12.1 Å². The van der Waals surface area contributed by atoms with Gasteiger partial charge in [-0.2, -0.15) is 0 Å². The summed E-state index contributed by atoms with van der Waals surface area (Å²) in [6, 6.07) is 3.59. The van der Waals surface area contributed by atoms with Crippen LogP contribution in [-0.4, -0.2) is 73.6 Å². The van der Waals surface area contributed by atoms with Crippen molar-refractivity contribution in [2.75, 3.05) is 40.3 Å². The number of amides is 2. The summed E-state index contributed by atoms with van der Waals surface area (Å²) >= 11 is 1.52. The third-order valence-corrected chi connectivity index (χ3v) is 5.35. The Labute approximate surface area is 134 Å². The van der Waals surface area contributed by atoms with E-state index in [0.717, 1.165) is 9.75 Å². The maximum absolute atomic E-state index is 12.4. The van der Waals surface area contributed by atoms with Crippen molar-refractivity contribution in [2.45, 2.75) is 18.6 Å². The molecular weight excluding hydrogens is 302 g/mol. The lowest BCUT2D eigenvalue weighted by Gasteiger charge is -2.54. The van der Waals surface area contributed by atoms with E-state index in [-0.39, 0.29) is 23.5 Å². The van der Waals surface area contributed by atoms with E-state index in [2.05, 4.69) is 5.32 Å². The second kappa shape index (κ2) is 5.64. The Bertz CT molecular complexity index is 595. The van der Waals surface area contributed by atoms with Gasteiger partial charge in [-0.05, 0) is 26.1 Å². The molecule has 1 spiro atoms. The summed E-state index contributed by atoms with van der Waals surface area (Å²) in [5.74, 6) is 0.0436. The number of rotatable bonds is 2. The topological polar surface area (TPSA) is 61.9 Å². The average Bonchev–Trinajstić information content (AvgIpc) is 2.89. The molecule has 7 heteroatoms. The number of thiophene rings is 1. The molecule has 0 radical (unpaired) electrons. The van der Waals surface area contributed by atoms with Crippen molar-refractivity contribution in [1.82, 2.24) is 15.1 Å². The first-order valence-electron chi connectivity index (χ1n) is 7.36. The molecule has 0 bridgehead atoms. The first kappa shape index (κ1) is 15.5. The molecule has 2 fully saturated rings. The summed E-state index contributed by atoms with van der Waals surface area (Å²) < 4.78 is 5.94. The lowest BCUT2D eigenvalue weighted by molar-refractivity contribution is -0.187. The first-order chi connectivity index (χ1) is 10.4. The first-order valence-corrected chi connectivity index (χ1v) is 8.17. The number of likely N-dealkylation sites (tertiary alicyclic amines) is 1. The molecule has 2 aliphatic rings. The maximum atomic E-state index is 12.4. The molecule has 1 aromatic heterocycles. The highest BCUT2D eigenvalue weighted by molar-refractivity contribution is 7.13. The zero-order chi connectivity index (χ0) is 15.9. The van der Waals surface area contributed by atoms with Crippen LogP contribution in [0, 0.1) is 6.92 Å². The maximum Gasteiger partial charge on any atom is 0.264 e. The fourth-order valence-corrected chi connectivity index (χ4v) is 3.96. The number of aryl methyl sites for hydroxylation is 1. The standard InChI is InChI=1S/C15H21N3O3S/c1-10-4-5-12(22-10)14(20)18-8-15(9-18)7-17(3)11(6-21-15)13(19)16-2/h4-5,11H,6-9H2,1-3H3,(H,16,19). The van der Waals surface area contributed by atoms with Gasteiger partial charge in [-0.1, -0.05) is 0 Å². The van der Waals surface area contributed by atoms with Crippen molar-refractivity contribution < 1.29 is 14.3 Å². The summed E-state index contributed by atoms with van der Waals surface area (Å²) in [6.07, 6.45) is 0. The smallest absolute Gasteiger partial charge is 0.264 e. The molecular formula is C15H21N3O3S. The predicted octanol–water partition coefficient (Wildman–Crippen LogP) is 0.328. The fourth-order valence-electron chi connectivity index (χ4n) is 3.13. The highest BCUT2D eigenvalue weighted by Gasteiger charge is 2.51. The zero-order valence-electron chi connectivity index (χ0n) is 13.1.